The largest absolute Gasteiger partial charge is 0.442 e. The van der Waals surface area contributed by atoms with Crippen LogP contribution in [-0.2, 0) is 19.1 Å². The van der Waals surface area contributed by atoms with E-state index in [0.29, 0.717) is 34.7 Å². The molecule has 5 heterocycles. The number of amides is 5. The van der Waals surface area contributed by atoms with Crippen LogP contribution in [0.4, 0.5) is 21.6 Å². The van der Waals surface area contributed by atoms with Crippen LogP contribution in [-0.4, -0.2) is 97.3 Å². The molecule has 0 radical (unpaired) electrons. The second kappa shape index (κ2) is 19.4. The van der Waals surface area contributed by atoms with Crippen LogP contribution in [0.2, 0.25) is 0 Å². The van der Waals surface area contributed by atoms with Crippen LogP contribution in [0.15, 0.2) is 91.4 Å². The average molecular weight is 871 g/mol. The molecule has 3 aliphatic rings. The van der Waals surface area contributed by atoms with Crippen molar-refractivity contribution in [3.05, 3.63) is 120 Å². The van der Waals surface area contributed by atoms with E-state index in [4.69, 9.17) is 10.5 Å². The van der Waals surface area contributed by atoms with Crippen LogP contribution in [0.25, 0.3) is 11.3 Å². The van der Waals surface area contributed by atoms with Crippen LogP contribution >= 0.6 is 0 Å². The number of rotatable bonds is 16. The number of aromatic nitrogens is 4. The fourth-order valence-electron chi connectivity index (χ4n) is 8.27. The Morgan fingerprint density at radius 3 is 2.42 bits per heavy atom. The number of ether oxygens (including phenoxy) is 1. The summed E-state index contributed by atoms with van der Waals surface area (Å²) in [7, 11) is 0. The zero-order valence-corrected chi connectivity index (χ0v) is 34.9. The van der Waals surface area contributed by atoms with Crippen molar-refractivity contribution >= 4 is 52.7 Å². The summed E-state index contributed by atoms with van der Waals surface area (Å²) in [5.74, 6) is -4.31. The van der Waals surface area contributed by atoms with Gasteiger partial charge < -0.3 is 26.0 Å². The minimum absolute atomic E-state index is 0.0693. The van der Waals surface area contributed by atoms with Crippen molar-refractivity contribution in [2.45, 2.75) is 69.6 Å². The molecular weight excluding hydrogens is 824 g/mol. The Bertz CT molecular complexity index is 2560. The Labute approximate surface area is 367 Å². The number of carbonyl (C=O) groups excluding carboxylic acids is 6. The highest BCUT2D eigenvalue weighted by Crippen LogP contribution is 2.33. The summed E-state index contributed by atoms with van der Waals surface area (Å²) in [5.41, 5.74) is 8.66. The predicted molar refractivity (Wildman–Crippen MR) is 232 cm³/mol. The van der Waals surface area contributed by atoms with E-state index in [1.165, 1.54) is 30.5 Å². The number of likely N-dealkylation sites (tertiary alicyclic amines) is 1. The molecule has 17 nitrogen and oxygen atoms in total. The Hall–Kier alpha value is -7.34. The maximum atomic E-state index is 13.5. The lowest BCUT2D eigenvalue weighted by Crippen LogP contribution is -2.54. The molecule has 330 valence electrons. The molecule has 3 aromatic carbocycles. The molecule has 5 N–H and O–H groups in total. The van der Waals surface area contributed by atoms with E-state index in [1.54, 1.807) is 54.7 Å². The van der Waals surface area contributed by atoms with Crippen molar-refractivity contribution in [3.8, 4) is 11.3 Å². The Kier molecular flexibility index (Phi) is 13.1. The molecule has 0 saturated carbocycles. The number of hydrogen-bond donors (Lipinski definition) is 4. The van der Waals surface area contributed by atoms with Gasteiger partial charge in [-0.05, 0) is 75.0 Å². The number of carbonyl (C=O) groups is 6. The molecule has 1 unspecified atom stereocenters. The Morgan fingerprint density at radius 1 is 0.891 bits per heavy atom. The second-order valence-electron chi connectivity index (χ2n) is 16.0. The Morgan fingerprint density at radius 2 is 1.66 bits per heavy atom. The number of halogens is 1. The smallest absolute Gasteiger partial charge is 0.361 e. The number of piperidine rings is 2. The zero-order valence-electron chi connectivity index (χ0n) is 34.9. The Balaban J connectivity index is 0.783. The minimum Gasteiger partial charge on any atom is -0.442 e. The normalized spacial score (nSPS) is 17.2. The number of imide groups is 2. The lowest BCUT2D eigenvalue weighted by Gasteiger charge is -2.32. The third-order valence-electron chi connectivity index (χ3n) is 11.7. The van der Waals surface area contributed by atoms with Crippen molar-refractivity contribution in [3.63, 3.8) is 0 Å². The van der Waals surface area contributed by atoms with Gasteiger partial charge in [0.15, 0.2) is 11.5 Å². The molecule has 5 aromatic rings. The van der Waals surface area contributed by atoms with Crippen molar-refractivity contribution in [2.75, 3.05) is 42.5 Å². The van der Waals surface area contributed by atoms with Gasteiger partial charge in [-0.3, -0.25) is 38.9 Å². The predicted octanol–water partition coefficient (Wildman–Crippen LogP) is 5.31. The highest BCUT2D eigenvalue weighted by molar-refractivity contribution is 6.25. The first-order valence-corrected chi connectivity index (χ1v) is 21.3. The maximum Gasteiger partial charge on any atom is 0.361 e. The number of nitrogens with zero attached hydrogens (tertiary/aromatic N) is 6. The fraction of sp³-hybridized carbons (Fsp3) is 0.326. The van der Waals surface area contributed by atoms with E-state index in [0.717, 1.165) is 63.1 Å². The van der Waals surface area contributed by atoms with E-state index in [-0.39, 0.29) is 41.5 Å². The lowest BCUT2D eigenvalue weighted by molar-refractivity contribution is -0.136. The number of anilines is 3. The quantitative estimate of drug-likeness (QED) is 0.0562. The molecule has 2 saturated heterocycles. The summed E-state index contributed by atoms with van der Waals surface area (Å²) in [6.07, 6.45) is 9.54. The van der Waals surface area contributed by atoms with E-state index < -0.39 is 53.5 Å². The van der Waals surface area contributed by atoms with Crippen LogP contribution < -0.4 is 21.7 Å². The van der Waals surface area contributed by atoms with E-state index in [9.17, 15) is 33.2 Å². The lowest BCUT2D eigenvalue weighted by atomic mass is 10.0. The SMILES string of the molecule is Nc1ncc(-c2cnn(C3CCN(CCCCCCNc4cccc5c4C(=O)N(C4CCC(=O)NC4=O)C5=O)CC3)c2)nc1C(=O)O[C@@H](C(=O)Nc1ccc(F)cc1)c1ccccc1. The monoisotopic (exact) mass is 870 g/mol. The van der Waals surface area contributed by atoms with E-state index >= 15 is 0 Å². The summed E-state index contributed by atoms with van der Waals surface area (Å²) >= 11 is 0. The molecule has 2 atom stereocenters. The second-order valence-corrected chi connectivity index (χ2v) is 16.0. The fourth-order valence-corrected chi connectivity index (χ4v) is 8.27. The van der Waals surface area contributed by atoms with Crippen LogP contribution in [0.3, 0.4) is 0 Å². The van der Waals surface area contributed by atoms with Gasteiger partial charge in [-0.2, -0.15) is 5.10 Å². The molecule has 0 spiro atoms. The van der Waals surface area contributed by atoms with Gasteiger partial charge in [-0.1, -0.05) is 49.2 Å². The van der Waals surface area contributed by atoms with Gasteiger partial charge in [0.25, 0.3) is 17.7 Å². The maximum absolute atomic E-state index is 13.5. The third-order valence-corrected chi connectivity index (χ3v) is 11.7. The van der Waals surface area contributed by atoms with Gasteiger partial charge in [0.1, 0.15) is 11.9 Å². The first kappa shape index (κ1) is 43.3. The zero-order chi connectivity index (χ0) is 44.7. The summed E-state index contributed by atoms with van der Waals surface area (Å²) in [6, 6.07) is 17.9. The summed E-state index contributed by atoms with van der Waals surface area (Å²) in [4.78, 5) is 89.5. The number of esters is 1. The van der Waals surface area contributed by atoms with Gasteiger partial charge in [-0.15, -0.1) is 0 Å². The molecule has 2 fully saturated rings. The molecule has 0 bridgehead atoms. The average Bonchev–Trinajstić information content (AvgIpc) is 3.89. The molecule has 5 amide bonds. The number of nitrogen functional groups attached to an aromatic ring is 1. The number of nitrogens with one attached hydrogen (secondary N) is 3. The first-order valence-electron chi connectivity index (χ1n) is 21.3. The summed E-state index contributed by atoms with van der Waals surface area (Å²) in [5, 5.41) is 12.8. The van der Waals surface area contributed by atoms with Crippen LogP contribution in [0.5, 0.6) is 0 Å². The van der Waals surface area contributed by atoms with Gasteiger partial charge in [-0.25, -0.2) is 19.2 Å². The van der Waals surface area contributed by atoms with Crippen molar-refractivity contribution < 1.29 is 37.9 Å². The molecule has 0 aliphatic carbocycles. The van der Waals surface area contributed by atoms with Crippen LogP contribution in [0, 0.1) is 5.82 Å². The van der Waals surface area contributed by atoms with Crippen molar-refractivity contribution in [1.82, 2.24) is 34.9 Å². The molecule has 3 aliphatic heterocycles. The molecule has 2 aromatic heterocycles. The highest BCUT2D eigenvalue weighted by Gasteiger charge is 2.45. The third kappa shape index (κ3) is 9.66. The number of hydrogen-bond acceptors (Lipinski definition) is 13. The van der Waals surface area contributed by atoms with E-state index in [2.05, 4.69) is 35.9 Å². The van der Waals surface area contributed by atoms with Gasteiger partial charge in [0, 0.05) is 54.8 Å². The number of unbranched alkanes of at least 4 members (excludes halogenated alkanes) is 3. The first-order chi connectivity index (χ1) is 31.0. The topological polar surface area (TPSA) is 224 Å². The number of fused-ring (bicyclic) bond motifs is 1. The van der Waals surface area contributed by atoms with Crippen molar-refractivity contribution in [2.24, 2.45) is 0 Å². The summed E-state index contributed by atoms with van der Waals surface area (Å²) in [6.45, 7) is 3.42. The highest BCUT2D eigenvalue weighted by atomic mass is 19.1. The van der Waals surface area contributed by atoms with Crippen LogP contribution in [0.1, 0.15) is 100 Å². The van der Waals surface area contributed by atoms with Gasteiger partial charge in [0.2, 0.25) is 17.9 Å². The number of benzene rings is 3. The summed E-state index contributed by atoms with van der Waals surface area (Å²) < 4.78 is 21.1. The van der Waals surface area contributed by atoms with E-state index in [1.807, 2.05) is 10.9 Å². The molecule has 64 heavy (non-hydrogen) atoms. The minimum atomic E-state index is -1.37. The standard InChI is InChI=1S/C46H47FN10O7/c47-30-13-15-31(16-14-30)52-43(60)40(28-9-4-3-5-10-28)64-46(63)39-41(48)50-26-35(53-39)29-25-51-56(27-29)32-19-23-55(24-20-32)22-7-2-1-6-21-49-34-12-8-11-33-38(34)45(62)57(44(33)61)36-17-18-37(58)54-42(36)59/h3-5,8-16,25-27,32,36,40,49H,1-2,6-7,17-24H2,(H2,48,50)(H,52,60)(H,54,58,59)/t36?,40-/m1/s1. The van der Waals surface area contributed by atoms with Gasteiger partial charge >= 0.3 is 5.97 Å². The van der Waals surface area contributed by atoms with Gasteiger partial charge in [0.05, 0.1) is 35.3 Å². The number of nitrogens with two attached hydrogens (primary N) is 1. The molecular formula is C46H47FN10O7. The van der Waals surface area contributed by atoms with Crippen molar-refractivity contribution in [1.29, 1.82) is 0 Å². The molecule has 8 rings (SSSR count). The molecule has 18 heteroatoms.